The van der Waals surface area contributed by atoms with Crippen LogP contribution in [0.3, 0.4) is 0 Å². The lowest BCUT2D eigenvalue weighted by Gasteiger charge is -2.16. The fraction of sp³-hybridized carbons (Fsp3) is 0.333. The van der Waals surface area contributed by atoms with E-state index < -0.39 is 11.8 Å². The van der Waals surface area contributed by atoms with Crippen LogP contribution in [-0.2, 0) is 0 Å². The number of methoxy groups -OCH3 is 4. The largest absolute Gasteiger partial charge is 0.493 e. The maximum atomic E-state index is 12.6. The van der Waals surface area contributed by atoms with E-state index in [1.807, 2.05) is 6.92 Å². The Morgan fingerprint density at radius 3 is 2.00 bits per heavy atom. The Hall–Kier alpha value is -3.62. The minimum absolute atomic E-state index is 0.163. The summed E-state index contributed by atoms with van der Waals surface area (Å²) in [7, 11) is 5.80. The lowest BCUT2D eigenvalue weighted by Crippen LogP contribution is -2.41. The van der Waals surface area contributed by atoms with Crippen molar-refractivity contribution >= 4 is 11.8 Å². The summed E-state index contributed by atoms with van der Waals surface area (Å²) in [4.78, 5) is 25.0. The van der Waals surface area contributed by atoms with Gasteiger partial charge in [0, 0.05) is 5.56 Å². The fourth-order valence-electron chi connectivity index (χ4n) is 2.67. The standard InChI is InChI=1S/C21H26N2O7/c1-6-11-30-15-9-7-13(12-17(15)27-3)20(24)22-23-21(25)14-8-10-16(26-2)19(29-5)18(14)28-4/h7-10,12H,6,11H2,1-5H3,(H,22,24)(H,23,25). The van der Waals surface area contributed by atoms with E-state index in [1.54, 1.807) is 18.2 Å². The van der Waals surface area contributed by atoms with Crippen LogP contribution in [0.4, 0.5) is 0 Å². The van der Waals surface area contributed by atoms with Crippen molar-refractivity contribution in [2.24, 2.45) is 0 Å². The molecule has 2 rings (SSSR count). The van der Waals surface area contributed by atoms with Gasteiger partial charge in [0.1, 0.15) is 0 Å². The van der Waals surface area contributed by atoms with Crippen LogP contribution < -0.4 is 34.5 Å². The molecule has 0 fully saturated rings. The summed E-state index contributed by atoms with van der Waals surface area (Å²) in [5.41, 5.74) is 5.18. The zero-order valence-electron chi connectivity index (χ0n) is 17.7. The Morgan fingerprint density at radius 1 is 0.767 bits per heavy atom. The summed E-state index contributed by atoms with van der Waals surface area (Å²) < 4.78 is 26.6. The molecule has 2 amide bonds. The number of hydrogen-bond acceptors (Lipinski definition) is 7. The molecule has 0 aliphatic carbocycles. The lowest BCUT2D eigenvalue weighted by atomic mass is 10.1. The predicted octanol–water partition coefficient (Wildman–Crippen LogP) is 2.58. The highest BCUT2D eigenvalue weighted by atomic mass is 16.5. The molecular formula is C21H26N2O7. The number of ether oxygens (including phenoxy) is 5. The minimum Gasteiger partial charge on any atom is -0.493 e. The van der Waals surface area contributed by atoms with E-state index in [0.717, 1.165) is 6.42 Å². The molecule has 0 aliphatic rings. The first kappa shape index (κ1) is 22.7. The van der Waals surface area contributed by atoms with Crippen LogP contribution in [0.15, 0.2) is 30.3 Å². The van der Waals surface area contributed by atoms with Crippen LogP contribution in [0.1, 0.15) is 34.1 Å². The predicted molar refractivity (Wildman–Crippen MR) is 110 cm³/mol. The Labute approximate surface area is 175 Å². The van der Waals surface area contributed by atoms with Gasteiger partial charge in [-0.15, -0.1) is 0 Å². The van der Waals surface area contributed by atoms with Gasteiger partial charge in [-0.3, -0.25) is 20.4 Å². The van der Waals surface area contributed by atoms with Gasteiger partial charge < -0.3 is 23.7 Å². The SMILES string of the molecule is CCCOc1ccc(C(=O)NNC(=O)c2ccc(OC)c(OC)c2OC)cc1OC. The van der Waals surface area contributed by atoms with Crippen LogP contribution >= 0.6 is 0 Å². The maximum absolute atomic E-state index is 12.6. The highest BCUT2D eigenvalue weighted by Crippen LogP contribution is 2.39. The molecule has 2 N–H and O–H groups in total. The average molecular weight is 418 g/mol. The third kappa shape index (κ3) is 5.05. The minimum atomic E-state index is -0.587. The summed E-state index contributed by atoms with van der Waals surface area (Å²) in [5, 5.41) is 0. The third-order valence-electron chi connectivity index (χ3n) is 4.13. The van der Waals surface area contributed by atoms with Gasteiger partial charge in [-0.05, 0) is 36.8 Å². The molecule has 0 atom stereocenters. The molecule has 0 spiro atoms. The summed E-state index contributed by atoms with van der Waals surface area (Å²) in [6, 6.07) is 7.82. The van der Waals surface area contributed by atoms with Crippen molar-refractivity contribution in [2.75, 3.05) is 35.0 Å². The van der Waals surface area contributed by atoms with Gasteiger partial charge in [-0.2, -0.15) is 0 Å². The normalized spacial score (nSPS) is 10.0. The molecule has 0 bridgehead atoms. The van der Waals surface area contributed by atoms with Crippen molar-refractivity contribution in [3.8, 4) is 28.7 Å². The molecule has 30 heavy (non-hydrogen) atoms. The second-order valence-corrected chi connectivity index (χ2v) is 6.00. The molecule has 0 heterocycles. The van der Waals surface area contributed by atoms with Crippen molar-refractivity contribution < 1.29 is 33.3 Å². The molecule has 0 radical (unpaired) electrons. The molecule has 9 heteroatoms. The van der Waals surface area contributed by atoms with E-state index in [-0.39, 0.29) is 22.6 Å². The van der Waals surface area contributed by atoms with E-state index in [4.69, 9.17) is 23.7 Å². The molecule has 162 valence electrons. The van der Waals surface area contributed by atoms with Gasteiger partial charge in [0.15, 0.2) is 23.0 Å². The van der Waals surface area contributed by atoms with Gasteiger partial charge >= 0.3 is 0 Å². The summed E-state index contributed by atoms with van der Waals surface area (Å²) in [6.07, 6.45) is 0.844. The van der Waals surface area contributed by atoms with E-state index in [1.165, 1.54) is 40.6 Å². The highest BCUT2D eigenvalue weighted by Gasteiger charge is 2.21. The quantitative estimate of drug-likeness (QED) is 0.603. The second-order valence-electron chi connectivity index (χ2n) is 6.00. The van der Waals surface area contributed by atoms with Gasteiger partial charge in [-0.1, -0.05) is 6.92 Å². The number of hydrazine groups is 1. The third-order valence-corrected chi connectivity index (χ3v) is 4.13. The number of rotatable bonds is 9. The summed E-state index contributed by atoms with van der Waals surface area (Å²) in [6.45, 7) is 2.52. The number of carbonyl (C=O) groups is 2. The number of hydrogen-bond donors (Lipinski definition) is 2. The van der Waals surface area contributed by atoms with Crippen LogP contribution in [0.25, 0.3) is 0 Å². The molecule has 2 aromatic rings. The van der Waals surface area contributed by atoms with Crippen LogP contribution in [0.5, 0.6) is 28.7 Å². The zero-order valence-corrected chi connectivity index (χ0v) is 17.7. The van der Waals surface area contributed by atoms with Crippen LogP contribution in [0, 0.1) is 0 Å². The lowest BCUT2D eigenvalue weighted by molar-refractivity contribution is 0.0844. The molecule has 0 saturated heterocycles. The van der Waals surface area contributed by atoms with E-state index in [2.05, 4.69) is 10.9 Å². The fourth-order valence-corrected chi connectivity index (χ4v) is 2.67. The Morgan fingerprint density at radius 2 is 1.40 bits per heavy atom. The molecule has 2 aromatic carbocycles. The first-order valence-electron chi connectivity index (χ1n) is 9.21. The van der Waals surface area contributed by atoms with Gasteiger partial charge in [0.2, 0.25) is 5.75 Å². The molecular weight excluding hydrogens is 392 g/mol. The number of benzene rings is 2. The van der Waals surface area contributed by atoms with E-state index >= 15 is 0 Å². The Kier molecular flexibility index (Phi) is 8.16. The van der Waals surface area contributed by atoms with Crippen LogP contribution in [-0.4, -0.2) is 46.9 Å². The van der Waals surface area contributed by atoms with Crippen molar-refractivity contribution in [3.63, 3.8) is 0 Å². The number of amides is 2. The number of carbonyl (C=O) groups excluding carboxylic acids is 2. The molecule has 0 saturated carbocycles. The van der Waals surface area contributed by atoms with Crippen molar-refractivity contribution in [1.29, 1.82) is 0 Å². The highest BCUT2D eigenvalue weighted by molar-refractivity contribution is 6.01. The molecule has 0 aliphatic heterocycles. The summed E-state index contributed by atoms with van der Waals surface area (Å²) >= 11 is 0. The smallest absolute Gasteiger partial charge is 0.273 e. The zero-order chi connectivity index (χ0) is 22.1. The van der Waals surface area contributed by atoms with Crippen molar-refractivity contribution in [1.82, 2.24) is 10.9 Å². The summed E-state index contributed by atoms with van der Waals surface area (Å²) in [5.74, 6) is 0.708. The Balaban J connectivity index is 2.14. The maximum Gasteiger partial charge on any atom is 0.273 e. The van der Waals surface area contributed by atoms with Gasteiger partial charge in [-0.25, -0.2) is 0 Å². The second kappa shape index (κ2) is 10.8. The van der Waals surface area contributed by atoms with Crippen molar-refractivity contribution in [2.45, 2.75) is 13.3 Å². The first-order valence-corrected chi connectivity index (χ1v) is 9.21. The van der Waals surface area contributed by atoms with Crippen molar-refractivity contribution in [3.05, 3.63) is 41.5 Å². The number of nitrogens with one attached hydrogen (secondary N) is 2. The van der Waals surface area contributed by atoms with Gasteiger partial charge in [0.25, 0.3) is 11.8 Å². The average Bonchev–Trinajstić information content (AvgIpc) is 2.79. The van der Waals surface area contributed by atoms with E-state index in [0.29, 0.717) is 23.9 Å². The van der Waals surface area contributed by atoms with Gasteiger partial charge in [0.05, 0.1) is 40.6 Å². The monoisotopic (exact) mass is 418 g/mol. The Bertz CT molecular complexity index is 899. The van der Waals surface area contributed by atoms with E-state index in [9.17, 15) is 9.59 Å². The molecule has 9 nitrogen and oxygen atoms in total. The topological polar surface area (TPSA) is 104 Å². The van der Waals surface area contributed by atoms with Crippen LogP contribution in [0.2, 0.25) is 0 Å². The first-order chi connectivity index (χ1) is 14.5. The molecule has 0 unspecified atom stereocenters. The molecule has 0 aromatic heterocycles.